The van der Waals surface area contributed by atoms with E-state index < -0.39 is 5.91 Å². The van der Waals surface area contributed by atoms with Crippen LogP contribution in [0.15, 0.2) is 51.8 Å². The van der Waals surface area contributed by atoms with Crippen molar-refractivity contribution >= 4 is 46.2 Å². The van der Waals surface area contributed by atoms with Crippen LogP contribution in [-0.4, -0.2) is 38.2 Å². The van der Waals surface area contributed by atoms with Gasteiger partial charge in [0, 0.05) is 18.2 Å². The lowest BCUT2D eigenvalue weighted by Crippen LogP contribution is -2.35. The number of ether oxygens (including phenoxy) is 1. The Labute approximate surface area is 206 Å². The molecule has 2 N–H and O–H groups in total. The summed E-state index contributed by atoms with van der Waals surface area (Å²) in [4.78, 5) is 40.9. The van der Waals surface area contributed by atoms with Gasteiger partial charge in [-0.05, 0) is 50.1 Å². The molecule has 0 saturated heterocycles. The summed E-state index contributed by atoms with van der Waals surface area (Å²) in [5, 5.41) is 4.92. The first-order valence-electron chi connectivity index (χ1n) is 10.3. The Kier molecular flexibility index (Phi) is 9.93. The summed E-state index contributed by atoms with van der Waals surface area (Å²) in [5.41, 5.74) is 2.56. The molecule has 0 aromatic heterocycles. The quantitative estimate of drug-likeness (QED) is 0.211. The maximum Gasteiger partial charge on any atom is 0.251 e. The zero-order valence-electron chi connectivity index (χ0n) is 19.3. The van der Waals surface area contributed by atoms with E-state index in [4.69, 9.17) is 4.74 Å². The van der Waals surface area contributed by atoms with Crippen molar-refractivity contribution in [2.75, 3.05) is 18.5 Å². The highest BCUT2D eigenvalue weighted by atomic mass is 79.9. The van der Waals surface area contributed by atoms with E-state index in [-0.39, 0.29) is 36.3 Å². The van der Waals surface area contributed by atoms with Gasteiger partial charge in [-0.25, -0.2) is 9.38 Å². The zero-order chi connectivity index (χ0) is 25.3. The van der Waals surface area contributed by atoms with Crippen molar-refractivity contribution < 1.29 is 23.5 Å². The van der Waals surface area contributed by atoms with Crippen molar-refractivity contribution in [3.8, 4) is 0 Å². The number of amides is 3. The Balaban J connectivity index is 2.20. The van der Waals surface area contributed by atoms with Gasteiger partial charge in [0.05, 0.1) is 16.7 Å². The Morgan fingerprint density at radius 2 is 1.94 bits per heavy atom. The average molecular weight is 533 g/mol. The largest absolute Gasteiger partial charge is 0.472 e. The molecule has 2 rings (SSSR count). The third kappa shape index (κ3) is 7.51. The van der Waals surface area contributed by atoms with E-state index in [2.05, 4.69) is 31.6 Å². The highest BCUT2D eigenvalue weighted by Gasteiger charge is 2.13. The topological polar surface area (TPSA) is 100 Å². The smallest absolute Gasteiger partial charge is 0.251 e. The van der Waals surface area contributed by atoms with Crippen molar-refractivity contribution in [3.63, 3.8) is 0 Å². The molecule has 0 atom stereocenters. The minimum absolute atomic E-state index is 0.0527. The molecular formula is C24H26BrFN4O4. The van der Waals surface area contributed by atoms with Gasteiger partial charge in [-0.1, -0.05) is 34.1 Å². The number of carbonyl (C=O) groups excluding carboxylic acids is 3. The molecule has 0 aliphatic heterocycles. The molecule has 0 fully saturated rings. The highest BCUT2D eigenvalue weighted by Crippen LogP contribution is 2.22. The summed E-state index contributed by atoms with van der Waals surface area (Å²) in [6.07, 6.45) is 1.78. The maximum absolute atomic E-state index is 14.1. The summed E-state index contributed by atoms with van der Waals surface area (Å²) in [6, 6.07) is 9.62. The number of anilines is 1. The SMILES string of the molecule is CNC(=O)CNC(=O)c1ccc(C)c(N(C=O)/C=N\C(OCc2ccc(C)cc2F)=C(/C)Br)c1. The lowest BCUT2D eigenvalue weighted by Gasteiger charge is -2.16. The summed E-state index contributed by atoms with van der Waals surface area (Å²) in [6.45, 7) is 5.04. The summed E-state index contributed by atoms with van der Waals surface area (Å²) < 4.78 is 20.3. The Hall–Kier alpha value is -3.53. The molecule has 34 heavy (non-hydrogen) atoms. The van der Waals surface area contributed by atoms with Crippen LogP contribution in [0.5, 0.6) is 0 Å². The van der Waals surface area contributed by atoms with Crippen molar-refractivity contribution in [3.05, 3.63) is 74.8 Å². The molecule has 2 aromatic rings. The number of aryl methyl sites for hydroxylation is 2. The summed E-state index contributed by atoms with van der Waals surface area (Å²) >= 11 is 3.31. The molecule has 0 saturated carbocycles. The van der Waals surface area contributed by atoms with E-state index in [9.17, 15) is 18.8 Å². The molecule has 180 valence electrons. The van der Waals surface area contributed by atoms with Crippen LogP contribution in [0.3, 0.4) is 0 Å². The number of likely N-dealkylation sites (N-methyl/N-ethyl adjacent to an activating group) is 1. The second kappa shape index (κ2) is 12.6. The van der Waals surface area contributed by atoms with Gasteiger partial charge >= 0.3 is 0 Å². The zero-order valence-corrected chi connectivity index (χ0v) is 20.9. The third-order valence-corrected chi connectivity index (χ3v) is 5.06. The normalized spacial score (nSPS) is 11.6. The van der Waals surface area contributed by atoms with E-state index in [1.165, 1.54) is 30.4 Å². The molecule has 3 amide bonds. The van der Waals surface area contributed by atoms with Crippen molar-refractivity contribution in [1.82, 2.24) is 10.6 Å². The number of carbonyl (C=O) groups is 3. The fraction of sp³-hybridized carbons (Fsp3) is 0.250. The Bertz CT molecular complexity index is 1130. The average Bonchev–Trinajstić information content (AvgIpc) is 2.81. The lowest BCUT2D eigenvalue weighted by molar-refractivity contribution is -0.119. The van der Waals surface area contributed by atoms with Gasteiger partial charge < -0.3 is 15.4 Å². The molecule has 0 aliphatic rings. The minimum Gasteiger partial charge on any atom is -0.472 e. The number of nitrogens with zero attached hydrogens (tertiary/aromatic N) is 2. The number of rotatable bonds is 10. The van der Waals surface area contributed by atoms with Crippen LogP contribution >= 0.6 is 15.9 Å². The van der Waals surface area contributed by atoms with E-state index in [1.54, 1.807) is 45.0 Å². The number of hydrogen-bond donors (Lipinski definition) is 2. The molecule has 0 radical (unpaired) electrons. The van der Waals surface area contributed by atoms with Gasteiger partial charge in [0.1, 0.15) is 18.8 Å². The van der Waals surface area contributed by atoms with E-state index in [1.807, 2.05) is 0 Å². The standard InChI is InChI=1S/C24H26BrFN4O4/c1-15-5-7-19(20(26)9-15)12-34-24(17(3)25)29-13-30(14-31)21-10-18(8-6-16(21)2)23(33)28-11-22(32)27-4/h5-10,13-14H,11-12H2,1-4H3,(H,27,32)(H,28,33)/b24-17-,29-13-. The number of benzene rings is 2. The third-order valence-electron chi connectivity index (χ3n) is 4.72. The number of nitrogens with one attached hydrogen (secondary N) is 2. The molecule has 0 unspecified atom stereocenters. The molecule has 2 aromatic carbocycles. The van der Waals surface area contributed by atoms with Gasteiger partial charge in [0.25, 0.3) is 5.91 Å². The predicted molar refractivity (Wildman–Crippen MR) is 132 cm³/mol. The van der Waals surface area contributed by atoms with Gasteiger partial charge in [0.15, 0.2) is 0 Å². The predicted octanol–water partition coefficient (Wildman–Crippen LogP) is 3.71. The first kappa shape index (κ1) is 26.7. The van der Waals surface area contributed by atoms with E-state index in [0.29, 0.717) is 27.7 Å². The van der Waals surface area contributed by atoms with Gasteiger partial charge in [-0.3, -0.25) is 19.3 Å². The highest BCUT2D eigenvalue weighted by molar-refractivity contribution is 9.11. The van der Waals surface area contributed by atoms with Crippen LogP contribution in [0.25, 0.3) is 0 Å². The molecule has 0 spiro atoms. The second-order valence-corrected chi connectivity index (χ2v) is 8.53. The van der Waals surface area contributed by atoms with Crippen molar-refractivity contribution in [2.45, 2.75) is 27.4 Å². The fourth-order valence-corrected chi connectivity index (χ4v) is 3.00. The fourth-order valence-electron chi connectivity index (χ4n) is 2.78. The number of hydrogen-bond acceptors (Lipinski definition) is 5. The van der Waals surface area contributed by atoms with Crippen molar-refractivity contribution in [2.24, 2.45) is 4.99 Å². The minimum atomic E-state index is -0.465. The Morgan fingerprint density at radius 3 is 2.56 bits per heavy atom. The van der Waals surface area contributed by atoms with Crippen LogP contribution in [0.1, 0.15) is 34.0 Å². The van der Waals surface area contributed by atoms with Crippen LogP contribution in [0, 0.1) is 19.7 Å². The monoisotopic (exact) mass is 532 g/mol. The number of halogens is 2. The first-order valence-corrected chi connectivity index (χ1v) is 11.1. The van der Waals surface area contributed by atoms with Gasteiger partial charge in [-0.2, -0.15) is 0 Å². The van der Waals surface area contributed by atoms with Gasteiger partial charge in [-0.15, -0.1) is 0 Å². The van der Waals surface area contributed by atoms with E-state index >= 15 is 0 Å². The Morgan fingerprint density at radius 1 is 1.21 bits per heavy atom. The van der Waals surface area contributed by atoms with E-state index in [0.717, 1.165) is 5.56 Å². The number of aliphatic imine (C=N–C) groups is 1. The molecule has 0 heterocycles. The molecule has 10 heteroatoms. The summed E-state index contributed by atoms with van der Waals surface area (Å²) in [7, 11) is 1.47. The van der Waals surface area contributed by atoms with Crippen molar-refractivity contribution in [1.29, 1.82) is 0 Å². The second-order valence-electron chi connectivity index (χ2n) is 7.34. The molecule has 0 aliphatic carbocycles. The summed E-state index contributed by atoms with van der Waals surface area (Å²) in [5.74, 6) is -1.03. The van der Waals surface area contributed by atoms with Crippen LogP contribution in [-0.2, 0) is 20.9 Å². The molecular weight excluding hydrogens is 507 g/mol. The first-order chi connectivity index (χ1) is 16.2. The molecule has 0 bridgehead atoms. The van der Waals surface area contributed by atoms with Crippen LogP contribution in [0.2, 0.25) is 0 Å². The number of allylic oxidation sites excluding steroid dienone is 1. The lowest BCUT2D eigenvalue weighted by atomic mass is 10.1. The molecule has 8 nitrogen and oxygen atoms in total. The van der Waals surface area contributed by atoms with Gasteiger partial charge in [0.2, 0.25) is 18.2 Å². The van der Waals surface area contributed by atoms with Crippen LogP contribution in [0.4, 0.5) is 10.1 Å². The van der Waals surface area contributed by atoms with Crippen LogP contribution < -0.4 is 15.5 Å². The maximum atomic E-state index is 14.1.